The molecule has 0 fully saturated rings. The van der Waals surface area contributed by atoms with Gasteiger partial charge in [0, 0.05) is 42.6 Å². The van der Waals surface area contributed by atoms with Gasteiger partial charge in [-0.3, -0.25) is 4.79 Å². The molecule has 1 N–H and O–H groups in total. The summed E-state index contributed by atoms with van der Waals surface area (Å²) in [6.45, 7) is 7.47. The molecule has 1 atom stereocenters. The third kappa shape index (κ3) is 4.17. The van der Waals surface area contributed by atoms with E-state index >= 15 is 0 Å². The van der Waals surface area contributed by atoms with Crippen LogP contribution in [0.4, 0.5) is 4.79 Å². The topological polar surface area (TPSA) is 57.6 Å². The van der Waals surface area contributed by atoms with Crippen molar-refractivity contribution in [2.45, 2.75) is 39.4 Å². The Morgan fingerprint density at radius 3 is 2.64 bits per heavy atom. The Hall–Kier alpha value is -2.47. The van der Waals surface area contributed by atoms with Gasteiger partial charge in [-0.25, -0.2) is 4.79 Å². The van der Waals surface area contributed by atoms with E-state index in [4.69, 9.17) is 11.6 Å². The van der Waals surface area contributed by atoms with E-state index in [9.17, 15) is 9.59 Å². The Balaban J connectivity index is 1.88. The average Bonchev–Trinajstić information content (AvgIpc) is 3.14. The zero-order valence-corrected chi connectivity index (χ0v) is 17.3. The fourth-order valence-electron chi connectivity index (χ4n) is 3.60. The number of aromatic nitrogens is 1. The molecule has 0 spiro atoms. The van der Waals surface area contributed by atoms with Crippen molar-refractivity contribution < 1.29 is 9.59 Å². The van der Waals surface area contributed by atoms with Gasteiger partial charge in [-0.05, 0) is 44.5 Å². The van der Waals surface area contributed by atoms with Gasteiger partial charge in [-0.15, -0.1) is 0 Å². The first-order valence-electron chi connectivity index (χ1n) is 9.66. The lowest BCUT2D eigenvalue weighted by atomic mass is 9.99. The molecule has 6 nitrogen and oxygen atoms in total. The van der Waals surface area contributed by atoms with Crippen LogP contribution in [0.3, 0.4) is 0 Å². The molecule has 1 aliphatic rings. The molecule has 1 aromatic heterocycles. The number of amides is 3. The third-order valence-corrected chi connectivity index (χ3v) is 5.31. The molecule has 7 heteroatoms. The Kier molecular flexibility index (Phi) is 6.29. The molecule has 28 heavy (non-hydrogen) atoms. The van der Waals surface area contributed by atoms with Crippen LogP contribution < -0.4 is 5.32 Å². The number of carbonyl (C=O) groups is 2. The molecule has 3 amide bonds. The summed E-state index contributed by atoms with van der Waals surface area (Å²) in [5, 5.41) is 3.49. The minimum absolute atomic E-state index is 0.0192. The predicted octanol–water partition coefficient (Wildman–Crippen LogP) is 3.51. The van der Waals surface area contributed by atoms with E-state index in [-0.39, 0.29) is 30.6 Å². The lowest BCUT2D eigenvalue weighted by molar-refractivity contribution is -0.134. The maximum atomic E-state index is 13.2. The minimum Gasteiger partial charge on any atom is -0.348 e. The largest absolute Gasteiger partial charge is 0.348 e. The van der Waals surface area contributed by atoms with Crippen LogP contribution in [0.2, 0.25) is 5.02 Å². The van der Waals surface area contributed by atoms with Crippen molar-refractivity contribution in [2.24, 2.45) is 0 Å². The first kappa shape index (κ1) is 20.3. The quantitative estimate of drug-likeness (QED) is 0.831. The average molecular weight is 403 g/mol. The molecule has 2 aromatic rings. The Morgan fingerprint density at radius 1 is 1.21 bits per heavy atom. The van der Waals surface area contributed by atoms with Crippen LogP contribution in [0.5, 0.6) is 0 Å². The summed E-state index contributed by atoms with van der Waals surface area (Å²) in [6.07, 6.45) is 2.02. The molecular formula is C21H27ClN4O2. The molecule has 0 radical (unpaired) electrons. The van der Waals surface area contributed by atoms with E-state index in [1.165, 1.54) is 0 Å². The maximum Gasteiger partial charge on any atom is 0.318 e. The van der Waals surface area contributed by atoms with Crippen LogP contribution in [-0.4, -0.2) is 52.0 Å². The molecular weight excluding hydrogens is 376 g/mol. The van der Waals surface area contributed by atoms with Crippen molar-refractivity contribution in [1.82, 2.24) is 19.7 Å². The second-order valence-corrected chi connectivity index (χ2v) is 7.66. The van der Waals surface area contributed by atoms with E-state index in [0.29, 0.717) is 18.1 Å². The first-order valence-corrected chi connectivity index (χ1v) is 10.0. The summed E-state index contributed by atoms with van der Waals surface area (Å²) in [4.78, 5) is 29.0. The molecule has 0 saturated carbocycles. The third-order valence-electron chi connectivity index (χ3n) is 4.97. The number of benzene rings is 1. The number of halogens is 1. The van der Waals surface area contributed by atoms with Crippen molar-refractivity contribution in [3.8, 4) is 0 Å². The second kappa shape index (κ2) is 8.69. The van der Waals surface area contributed by atoms with E-state index in [1.54, 1.807) is 4.90 Å². The van der Waals surface area contributed by atoms with Crippen LogP contribution >= 0.6 is 11.6 Å². The van der Waals surface area contributed by atoms with Gasteiger partial charge < -0.3 is 19.7 Å². The number of urea groups is 1. The van der Waals surface area contributed by atoms with E-state index < -0.39 is 0 Å². The molecule has 0 bridgehead atoms. The molecule has 1 aliphatic heterocycles. The van der Waals surface area contributed by atoms with Crippen LogP contribution in [0.15, 0.2) is 42.6 Å². The molecule has 3 rings (SSSR count). The van der Waals surface area contributed by atoms with Crippen molar-refractivity contribution in [3.63, 3.8) is 0 Å². The lowest BCUT2D eigenvalue weighted by Gasteiger charge is -2.38. The summed E-state index contributed by atoms with van der Waals surface area (Å²) in [7, 11) is 0. The highest BCUT2D eigenvalue weighted by Crippen LogP contribution is 2.36. The van der Waals surface area contributed by atoms with E-state index in [1.807, 2.05) is 68.3 Å². The lowest BCUT2D eigenvalue weighted by Crippen LogP contribution is -2.50. The maximum absolute atomic E-state index is 13.2. The zero-order valence-electron chi connectivity index (χ0n) is 16.6. The predicted molar refractivity (Wildman–Crippen MR) is 110 cm³/mol. The van der Waals surface area contributed by atoms with Crippen molar-refractivity contribution in [3.05, 3.63) is 58.9 Å². The molecule has 1 aromatic carbocycles. The number of carbonyl (C=O) groups excluding carboxylic acids is 2. The Labute approximate surface area is 171 Å². The van der Waals surface area contributed by atoms with Crippen molar-refractivity contribution >= 4 is 23.5 Å². The molecule has 2 heterocycles. The number of nitrogens with zero attached hydrogens (tertiary/aromatic N) is 3. The molecule has 0 aliphatic carbocycles. The van der Waals surface area contributed by atoms with Crippen LogP contribution in [0.25, 0.3) is 0 Å². The van der Waals surface area contributed by atoms with Crippen LogP contribution in [0, 0.1) is 0 Å². The molecule has 0 saturated heterocycles. The summed E-state index contributed by atoms with van der Waals surface area (Å²) in [5.41, 5.74) is 1.93. The van der Waals surface area contributed by atoms with Gasteiger partial charge in [0.15, 0.2) is 0 Å². The van der Waals surface area contributed by atoms with Gasteiger partial charge in [-0.1, -0.05) is 29.8 Å². The number of nitrogens with one attached hydrogen (secondary N) is 1. The highest BCUT2D eigenvalue weighted by atomic mass is 35.5. The van der Waals surface area contributed by atoms with Gasteiger partial charge in [-0.2, -0.15) is 0 Å². The van der Waals surface area contributed by atoms with Crippen molar-refractivity contribution in [2.75, 3.05) is 19.6 Å². The van der Waals surface area contributed by atoms with Gasteiger partial charge >= 0.3 is 6.03 Å². The first-order chi connectivity index (χ1) is 13.4. The van der Waals surface area contributed by atoms with E-state index in [0.717, 1.165) is 17.8 Å². The number of fused-ring (bicyclic) bond motifs is 1. The Morgan fingerprint density at radius 2 is 1.96 bits per heavy atom. The minimum atomic E-state index is -0.267. The number of likely N-dealkylation sites (N-methyl/N-ethyl adjacent to an activating group) is 1. The molecule has 150 valence electrons. The summed E-state index contributed by atoms with van der Waals surface area (Å²) in [6, 6.07) is 11.2. The summed E-state index contributed by atoms with van der Waals surface area (Å²) < 4.78 is 2.15. The van der Waals surface area contributed by atoms with E-state index in [2.05, 4.69) is 9.88 Å². The smallest absolute Gasteiger partial charge is 0.318 e. The summed E-state index contributed by atoms with van der Waals surface area (Å²) >= 11 is 6.48. The number of rotatable bonds is 5. The van der Waals surface area contributed by atoms with Crippen LogP contribution in [-0.2, 0) is 11.3 Å². The molecule has 0 unspecified atom stereocenters. The second-order valence-electron chi connectivity index (χ2n) is 7.26. The van der Waals surface area contributed by atoms with Gasteiger partial charge in [0.05, 0.1) is 6.04 Å². The SMILES string of the molecule is CCN(CC(=O)N1CCn2cccc2[C@H]1c1ccccc1Cl)C(=O)NC(C)C. The standard InChI is InChI=1S/C21H27ClN4O2/c1-4-24(21(28)23-15(2)3)14-19(27)26-13-12-25-11-7-10-18(25)20(26)16-8-5-6-9-17(16)22/h5-11,15,20H,4,12-14H2,1-3H3,(H,23,28)/t20-/m1/s1. The van der Waals surface area contributed by atoms with Gasteiger partial charge in [0.1, 0.15) is 6.54 Å². The highest BCUT2D eigenvalue weighted by molar-refractivity contribution is 6.31. The van der Waals surface area contributed by atoms with Crippen molar-refractivity contribution in [1.29, 1.82) is 0 Å². The zero-order chi connectivity index (χ0) is 20.3. The fourth-order valence-corrected chi connectivity index (χ4v) is 3.83. The monoisotopic (exact) mass is 402 g/mol. The van der Waals surface area contributed by atoms with Crippen LogP contribution in [0.1, 0.15) is 38.1 Å². The normalized spacial score (nSPS) is 16.0. The number of hydrogen-bond donors (Lipinski definition) is 1. The fraction of sp³-hybridized carbons (Fsp3) is 0.429. The van der Waals surface area contributed by atoms with Gasteiger partial charge in [0.25, 0.3) is 0 Å². The Bertz CT molecular complexity index is 848. The number of hydrogen-bond acceptors (Lipinski definition) is 2. The highest BCUT2D eigenvalue weighted by Gasteiger charge is 2.34. The summed E-state index contributed by atoms with van der Waals surface area (Å²) in [5.74, 6) is -0.0851. The van der Waals surface area contributed by atoms with Gasteiger partial charge in [0.2, 0.25) is 5.91 Å².